The average Bonchev–Trinajstić information content (AvgIpc) is 2.41. The van der Waals surface area contributed by atoms with Gasteiger partial charge in [0.2, 0.25) is 5.91 Å². The third kappa shape index (κ3) is 5.48. The molecule has 1 heterocycles. The van der Waals surface area contributed by atoms with Gasteiger partial charge in [-0.2, -0.15) is 0 Å². The molecular formula is C17H27N3O. The van der Waals surface area contributed by atoms with Crippen LogP contribution in [0.25, 0.3) is 0 Å². The van der Waals surface area contributed by atoms with Crippen molar-refractivity contribution in [1.82, 2.24) is 15.1 Å². The number of hydrogen-bond donors (Lipinski definition) is 1. The zero-order valence-corrected chi connectivity index (χ0v) is 13.4. The van der Waals surface area contributed by atoms with Gasteiger partial charge in [0.1, 0.15) is 0 Å². The van der Waals surface area contributed by atoms with Crippen LogP contribution < -0.4 is 5.32 Å². The summed E-state index contributed by atoms with van der Waals surface area (Å²) in [4.78, 5) is 16.9. The number of benzene rings is 1. The van der Waals surface area contributed by atoms with Crippen LogP contribution in [0.1, 0.15) is 18.1 Å². The Kier molecular flexibility index (Phi) is 5.76. The van der Waals surface area contributed by atoms with E-state index >= 15 is 0 Å². The monoisotopic (exact) mass is 289 g/mol. The van der Waals surface area contributed by atoms with E-state index in [1.807, 2.05) is 12.1 Å². The summed E-state index contributed by atoms with van der Waals surface area (Å²) in [6, 6.07) is 8.34. The second-order valence-electron chi connectivity index (χ2n) is 6.24. The first kappa shape index (κ1) is 16.0. The van der Waals surface area contributed by atoms with Gasteiger partial charge in [0.25, 0.3) is 0 Å². The van der Waals surface area contributed by atoms with E-state index in [-0.39, 0.29) is 11.9 Å². The van der Waals surface area contributed by atoms with E-state index in [9.17, 15) is 4.79 Å². The Labute approximate surface area is 128 Å². The fourth-order valence-electron chi connectivity index (χ4n) is 2.80. The Morgan fingerprint density at radius 2 is 2.00 bits per heavy atom. The molecule has 1 aliphatic rings. The van der Waals surface area contributed by atoms with Crippen molar-refractivity contribution in [2.45, 2.75) is 26.3 Å². The Hall–Kier alpha value is -1.39. The highest BCUT2D eigenvalue weighted by Crippen LogP contribution is 2.05. The summed E-state index contributed by atoms with van der Waals surface area (Å²) in [5.74, 6) is 0.113. The third-order valence-electron chi connectivity index (χ3n) is 3.98. The first-order valence-electron chi connectivity index (χ1n) is 7.79. The summed E-state index contributed by atoms with van der Waals surface area (Å²) in [5.41, 5.74) is 2.28. The number of carbonyl (C=O) groups is 1. The number of rotatable bonds is 5. The van der Waals surface area contributed by atoms with Crippen LogP contribution in [0.2, 0.25) is 0 Å². The molecule has 0 unspecified atom stereocenters. The summed E-state index contributed by atoms with van der Waals surface area (Å²) in [6.45, 7) is 9.49. The summed E-state index contributed by atoms with van der Waals surface area (Å²) in [7, 11) is 2.16. The Bertz CT molecular complexity index is 467. The molecule has 1 fully saturated rings. The van der Waals surface area contributed by atoms with Gasteiger partial charge in [-0.1, -0.05) is 29.8 Å². The lowest BCUT2D eigenvalue weighted by atomic mass is 10.1. The van der Waals surface area contributed by atoms with Gasteiger partial charge in [0, 0.05) is 38.8 Å². The van der Waals surface area contributed by atoms with E-state index in [2.05, 4.69) is 48.1 Å². The minimum Gasteiger partial charge on any atom is -0.352 e. The standard InChI is InChI=1S/C17H27N3O/c1-14-5-4-6-16(11-14)12-17(21)18-15(2)13-20-9-7-19(3)8-10-20/h4-6,11,15H,7-10,12-13H2,1-3H3,(H,18,21)/t15-/m1/s1. The van der Waals surface area contributed by atoms with Gasteiger partial charge in [-0.15, -0.1) is 0 Å². The number of nitrogens with zero attached hydrogens (tertiary/aromatic N) is 2. The van der Waals surface area contributed by atoms with Crippen LogP contribution in [-0.2, 0) is 11.2 Å². The van der Waals surface area contributed by atoms with E-state index in [0.29, 0.717) is 6.42 Å². The Morgan fingerprint density at radius 3 is 2.67 bits per heavy atom. The minimum absolute atomic E-state index is 0.113. The lowest BCUT2D eigenvalue weighted by Gasteiger charge is -2.34. The van der Waals surface area contributed by atoms with Crippen molar-refractivity contribution in [2.24, 2.45) is 0 Å². The molecule has 4 heteroatoms. The van der Waals surface area contributed by atoms with Gasteiger partial charge in [-0.25, -0.2) is 0 Å². The predicted octanol–water partition coefficient (Wildman–Crippen LogP) is 1.29. The lowest BCUT2D eigenvalue weighted by Crippen LogP contribution is -2.49. The second-order valence-corrected chi connectivity index (χ2v) is 6.24. The molecule has 0 aliphatic carbocycles. The molecule has 0 saturated carbocycles. The smallest absolute Gasteiger partial charge is 0.224 e. The van der Waals surface area contributed by atoms with Crippen molar-refractivity contribution in [2.75, 3.05) is 39.8 Å². The number of nitrogens with one attached hydrogen (secondary N) is 1. The van der Waals surface area contributed by atoms with Crippen molar-refractivity contribution in [3.05, 3.63) is 35.4 Å². The highest BCUT2D eigenvalue weighted by Gasteiger charge is 2.17. The Morgan fingerprint density at radius 1 is 1.29 bits per heavy atom. The predicted molar refractivity (Wildman–Crippen MR) is 86.4 cm³/mol. The van der Waals surface area contributed by atoms with Crippen molar-refractivity contribution in [1.29, 1.82) is 0 Å². The number of aryl methyl sites for hydroxylation is 1. The zero-order chi connectivity index (χ0) is 15.2. The first-order chi connectivity index (χ1) is 10.0. The van der Waals surface area contributed by atoms with Gasteiger partial charge in [0.15, 0.2) is 0 Å². The molecule has 1 aromatic rings. The van der Waals surface area contributed by atoms with Crippen LogP contribution in [0.5, 0.6) is 0 Å². The maximum Gasteiger partial charge on any atom is 0.224 e. The van der Waals surface area contributed by atoms with E-state index in [4.69, 9.17) is 0 Å². The largest absolute Gasteiger partial charge is 0.352 e. The molecule has 0 aromatic heterocycles. The van der Waals surface area contributed by atoms with Crippen LogP contribution in [0.15, 0.2) is 24.3 Å². The fraction of sp³-hybridized carbons (Fsp3) is 0.588. The normalized spacial score (nSPS) is 18.4. The first-order valence-corrected chi connectivity index (χ1v) is 7.79. The van der Waals surface area contributed by atoms with Crippen molar-refractivity contribution < 1.29 is 4.79 Å². The molecule has 1 aliphatic heterocycles. The van der Waals surface area contributed by atoms with Crippen molar-refractivity contribution in [3.8, 4) is 0 Å². The highest BCUT2D eigenvalue weighted by molar-refractivity contribution is 5.78. The summed E-state index contributed by atoms with van der Waals surface area (Å²) in [5, 5.41) is 3.11. The fourth-order valence-corrected chi connectivity index (χ4v) is 2.80. The molecule has 0 bridgehead atoms. The van der Waals surface area contributed by atoms with E-state index in [1.165, 1.54) is 5.56 Å². The lowest BCUT2D eigenvalue weighted by molar-refractivity contribution is -0.121. The van der Waals surface area contributed by atoms with Gasteiger partial charge >= 0.3 is 0 Å². The van der Waals surface area contributed by atoms with Crippen LogP contribution in [0.4, 0.5) is 0 Å². The van der Waals surface area contributed by atoms with Crippen LogP contribution in [-0.4, -0.2) is 61.5 Å². The van der Waals surface area contributed by atoms with Gasteiger partial charge in [-0.05, 0) is 26.5 Å². The number of piperazine rings is 1. The van der Waals surface area contributed by atoms with Crippen LogP contribution in [0.3, 0.4) is 0 Å². The number of likely N-dealkylation sites (N-methyl/N-ethyl adjacent to an activating group) is 1. The van der Waals surface area contributed by atoms with E-state index < -0.39 is 0 Å². The molecule has 4 nitrogen and oxygen atoms in total. The molecule has 1 amide bonds. The summed E-state index contributed by atoms with van der Waals surface area (Å²) in [6.07, 6.45) is 0.467. The summed E-state index contributed by atoms with van der Waals surface area (Å²) < 4.78 is 0. The van der Waals surface area contributed by atoms with Gasteiger partial charge in [-0.3, -0.25) is 9.69 Å². The molecule has 0 spiro atoms. The van der Waals surface area contributed by atoms with Crippen LogP contribution >= 0.6 is 0 Å². The number of hydrogen-bond acceptors (Lipinski definition) is 3. The van der Waals surface area contributed by atoms with E-state index in [1.54, 1.807) is 0 Å². The topological polar surface area (TPSA) is 35.6 Å². The molecule has 116 valence electrons. The molecule has 1 saturated heterocycles. The quantitative estimate of drug-likeness (QED) is 0.887. The molecule has 1 aromatic carbocycles. The molecule has 1 atom stereocenters. The van der Waals surface area contributed by atoms with Crippen molar-refractivity contribution in [3.63, 3.8) is 0 Å². The molecular weight excluding hydrogens is 262 g/mol. The van der Waals surface area contributed by atoms with Gasteiger partial charge in [0.05, 0.1) is 6.42 Å². The second kappa shape index (κ2) is 7.57. The number of amides is 1. The SMILES string of the molecule is Cc1cccc(CC(=O)N[C@H](C)CN2CCN(C)CC2)c1. The summed E-state index contributed by atoms with van der Waals surface area (Å²) >= 11 is 0. The van der Waals surface area contributed by atoms with Gasteiger partial charge < -0.3 is 10.2 Å². The molecule has 1 N–H and O–H groups in total. The molecule has 2 rings (SSSR count). The average molecular weight is 289 g/mol. The third-order valence-corrected chi connectivity index (χ3v) is 3.98. The molecule has 0 radical (unpaired) electrons. The maximum absolute atomic E-state index is 12.1. The highest BCUT2D eigenvalue weighted by atomic mass is 16.1. The number of carbonyl (C=O) groups excluding carboxylic acids is 1. The van der Waals surface area contributed by atoms with Crippen LogP contribution in [0, 0.1) is 6.92 Å². The van der Waals surface area contributed by atoms with Crippen molar-refractivity contribution >= 4 is 5.91 Å². The minimum atomic E-state index is 0.113. The zero-order valence-electron chi connectivity index (χ0n) is 13.4. The Balaban J connectivity index is 1.74. The molecule has 21 heavy (non-hydrogen) atoms. The maximum atomic E-state index is 12.1. The van der Waals surface area contributed by atoms with E-state index in [0.717, 1.165) is 38.3 Å².